The first-order valence-electron chi connectivity index (χ1n) is 4.42. The molecule has 0 aromatic carbocycles. The minimum Gasteiger partial charge on any atom is -0.461 e. The largest absolute Gasteiger partial charge is 0.461 e. The first-order valence-corrected chi connectivity index (χ1v) is 4.42. The molecule has 0 aliphatic carbocycles. The minimum absolute atomic E-state index is 0.704. The van der Waals surface area contributed by atoms with E-state index in [-0.39, 0.29) is 0 Å². The van der Waals surface area contributed by atoms with Gasteiger partial charge in [-0.1, -0.05) is 0 Å². The number of rotatable bonds is 3. The van der Waals surface area contributed by atoms with Crippen molar-refractivity contribution < 1.29 is 4.42 Å². The molecule has 0 aliphatic rings. The molecule has 3 nitrogen and oxygen atoms in total. The Kier molecular flexibility index (Phi) is 2.27. The molecule has 2 N–H and O–H groups in total. The second-order valence-corrected chi connectivity index (χ2v) is 3.02. The van der Waals surface area contributed by atoms with Crippen molar-refractivity contribution in [2.75, 3.05) is 6.54 Å². The molecule has 0 bridgehead atoms. The zero-order valence-electron chi connectivity index (χ0n) is 7.36. The lowest BCUT2D eigenvalue weighted by Gasteiger charge is -1.91. The Bertz CT molecular complexity index is 361. The third-order valence-corrected chi connectivity index (χ3v) is 1.99. The van der Waals surface area contributed by atoms with Crippen LogP contribution < -0.4 is 5.73 Å². The van der Waals surface area contributed by atoms with E-state index in [0.29, 0.717) is 6.54 Å². The number of nitrogens with two attached hydrogens (primary N) is 1. The van der Waals surface area contributed by atoms with Crippen molar-refractivity contribution in [3.05, 3.63) is 30.3 Å². The summed E-state index contributed by atoms with van der Waals surface area (Å²) in [6.07, 6.45) is 5.42. The number of hydrogen-bond donors (Lipinski definition) is 1. The highest BCUT2D eigenvalue weighted by Crippen LogP contribution is 2.18. The van der Waals surface area contributed by atoms with E-state index < -0.39 is 0 Å². The number of furan rings is 1. The van der Waals surface area contributed by atoms with E-state index in [1.165, 1.54) is 0 Å². The summed E-state index contributed by atoms with van der Waals surface area (Å²) < 4.78 is 5.57. The van der Waals surface area contributed by atoms with Crippen molar-refractivity contribution in [1.29, 1.82) is 0 Å². The molecule has 2 aromatic rings. The average molecular weight is 176 g/mol. The Morgan fingerprint density at radius 2 is 2.38 bits per heavy atom. The molecule has 0 unspecified atom stereocenters. The van der Waals surface area contributed by atoms with Gasteiger partial charge in [0.05, 0.1) is 0 Å². The van der Waals surface area contributed by atoms with E-state index in [0.717, 1.165) is 29.6 Å². The van der Waals surface area contributed by atoms with Crippen LogP contribution in [0.1, 0.15) is 12.2 Å². The van der Waals surface area contributed by atoms with Crippen LogP contribution in [-0.4, -0.2) is 11.5 Å². The summed E-state index contributed by atoms with van der Waals surface area (Å²) in [6.45, 7) is 0.704. The molecule has 0 saturated heterocycles. The van der Waals surface area contributed by atoms with E-state index in [2.05, 4.69) is 4.98 Å². The summed E-state index contributed by atoms with van der Waals surface area (Å²) in [5.74, 6) is 0.994. The van der Waals surface area contributed by atoms with Gasteiger partial charge in [-0.05, 0) is 25.1 Å². The normalized spacial score (nSPS) is 10.8. The fourth-order valence-corrected chi connectivity index (χ4v) is 1.34. The predicted molar refractivity (Wildman–Crippen MR) is 51.4 cm³/mol. The molecule has 68 valence electrons. The van der Waals surface area contributed by atoms with Gasteiger partial charge < -0.3 is 10.2 Å². The summed E-state index contributed by atoms with van der Waals surface area (Å²) in [7, 11) is 0. The summed E-state index contributed by atoms with van der Waals surface area (Å²) in [5, 5.41) is 1.06. The van der Waals surface area contributed by atoms with Gasteiger partial charge in [0, 0.05) is 24.2 Å². The monoisotopic (exact) mass is 176 g/mol. The van der Waals surface area contributed by atoms with E-state index >= 15 is 0 Å². The van der Waals surface area contributed by atoms with Gasteiger partial charge in [0.1, 0.15) is 11.3 Å². The van der Waals surface area contributed by atoms with Crippen LogP contribution in [0, 0.1) is 0 Å². The standard InChI is InChI=1S/C10H12N2O/c11-4-1-2-9-6-8-7-12-5-3-10(8)13-9/h3,5-7H,1-2,4,11H2. The molecule has 0 amide bonds. The molecule has 0 fully saturated rings. The van der Waals surface area contributed by atoms with Crippen LogP contribution >= 0.6 is 0 Å². The van der Waals surface area contributed by atoms with Crippen LogP contribution in [0.2, 0.25) is 0 Å². The topological polar surface area (TPSA) is 52.0 Å². The Balaban J connectivity index is 2.28. The molecule has 2 aromatic heterocycles. The van der Waals surface area contributed by atoms with Crippen molar-refractivity contribution in [2.24, 2.45) is 5.73 Å². The smallest absolute Gasteiger partial charge is 0.137 e. The van der Waals surface area contributed by atoms with Gasteiger partial charge in [-0.25, -0.2) is 0 Å². The Morgan fingerprint density at radius 1 is 1.46 bits per heavy atom. The first-order chi connectivity index (χ1) is 6.40. The summed E-state index contributed by atoms with van der Waals surface area (Å²) >= 11 is 0. The van der Waals surface area contributed by atoms with Gasteiger partial charge in [-0.15, -0.1) is 0 Å². The number of aryl methyl sites for hydroxylation is 1. The number of fused-ring (bicyclic) bond motifs is 1. The number of pyridine rings is 1. The lowest BCUT2D eigenvalue weighted by Crippen LogP contribution is -1.99. The van der Waals surface area contributed by atoms with Crippen molar-refractivity contribution in [2.45, 2.75) is 12.8 Å². The van der Waals surface area contributed by atoms with Crippen LogP contribution in [0.25, 0.3) is 11.0 Å². The van der Waals surface area contributed by atoms with Gasteiger partial charge in [-0.2, -0.15) is 0 Å². The molecule has 13 heavy (non-hydrogen) atoms. The molecule has 2 rings (SSSR count). The molecular formula is C10H12N2O. The molecule has 0 saturated carbocycles. The fraction of sp³-hybridized carbons (Fsp3) is 0.300. The Labute approximate surface area is 76.6 Å². The Morgan fingerprint density at radius 3 is 3.15 bits per heavy atom. The van der Waals surface area contributed by atoms with E-state index in [9.17, 15) is 0 Å². The average Bonchev–Trinajstić information content (AvgIpc) is 2.57. The molecule has 0 atom stereocenters. The zero-order valence-corrected chi connectivity index (χ0v) is 7.36. The predicted octanol–water partition coefficient (Wildman–Crippen LogP) is 1.72. The van der Waals surface area contributed by atoms with E-state index in [1.54, 1.807) is 6.20 Å². The summed E-state index contributed by atoms with van der Waals surface area (Å²) in [4.78, 5) is 4.02. The highest BCUT2D eigenvalue weighted by atomic mass is 16.3. The summed E-state index contributed by atoms with van der Waals surface area (Å²) in [6, 6.07) is 3.90. The quantitative estimate of drug-likeness (QED) is 0.774. The van der Waals surface area contributed by atoms with Crippen LogP contribution in [0.15, 0.2) is 28.9 Å². The van der Waals surface area contributed by atoms with Crippen molar-refractivity contribution in [1.82, 2.24) is 4.98 Å². The van der Waals surface area contributed by atoms with E-state index in [1.807, 2.05) is 18.3 Å². The number of hydrogen-bond acceptors (Lipinski definition) is 3. The molecule has 0 spiro atoms. The van der Waals surface area contributed by atoms with Crippen molar-refractivity contribution in [3.63, 3.8) is 0 Å². The van der Waals surface area contributed by atoms with Gasteiger partial charge in [0.25, 0.3) is 0 Å². The number of aromatic nitrogens is 1. The molecule has 3 heteroatoms. The van der Waals surface area contributed by atoms with Crippen LogP contribution in [0.5, 0.6) is 0 Å². The zero-order chi connectivity index (χ0) is 9.10. The molecule has 2 heterocycles. The van der Waals surface area contributed by atoms with Crippen LogP contribution in [-0.2, 0) is 6.42 Å². The van der Waals surface area contributed by atoms with Gasteiger partial charge in [-0.3, -0.25) is 4.98 Å². The molecular weight excluding hydrogens is 164 g/mol. The van der Waals surface area contributed by atoms with Gasteiger partial charge >= 0.3 is 0 Å². The molecule has 0 radical (unpaired) electrons. The van der Waals surface area contributed by atoms with Crippen molar-refractivity contribution >= 4 is 11.0 Å². The maximum absolute atomic E-state index is 5.57. The number of nitrogens with zero attached hydrogens (tertiary/aromatic N) is 1. The van der Waals surface area contributed by atoms with Crippen molar-refractivity contribution in [3.8, 4) is 0 Å². The third kappa shape index (κ3) is 1.70. The highest BCUT2D eigenvalue weighted by molar-refractivity contribution is 5.76. The second-order valence-electron chi connectivity index (χ2n) is 3.02. The second kappa shape index (κ2) is 3.58. The first kappa shape index (κ1) is 8.26. The summed E-state index contributed by atoms with van der Waals surface area (Å²) in [5.41, 5.74) is 6.32. The maximum Gasteiger partial charge on any atom is 0.137 e. The van der Waals surface area contributed by atoms with E-state index in [4.69, 9.17) is 10.2 Å². The fourth-order valence-electron chi connectivity index (χ4n) is 1.34. The third-order valence-electron chi connectivity index (χ3n) is 1.99. The van der Waals surface area contributed by atoms with Gasteiger partial charge in [0.15, 0.2) is 0 Å². The van der Waals surface area contributed by atoms with Gasteiger partial charge in [0.2, 0.25) is 0 Å². The lowest BCUT2D eigenvalue weighted by atomic mass is 10.2. The van der Waals surface area contributed by atoms with Crippen LogP contribution in [0.3, 0.4) is 0 Å². The Hall–Kier alpha value is -1.35. The van der Waals surface area contributed by atoms with Crippen LogP contribution in [0.4, 0.5) is 0 Å². The minimum atomic E-state index is 0.704. The lowest BCUT2D eigenvalue weighted by molar-refractivity contribution is 0.540. The maximum atomic E-state index is 5.57. The SMILES string of the molecule is NCCCc1cc2cnccc2o1. The molecule has 0 aliphatic heterocycles. The highest BCUT2D eigenvalue weighted by Gasteiger charge is 2.01.